The molecule has 5 heteroatoms. The summed E-state index contributed by atoms with van der Waals surface area (Å²) in [5, 5.41) is 4.22. The van der Waals surface area contributed by atoms with E-state index in [0.29, 0.717) is 0 Å². The summed E-state index contributed by atoms with van der Waals surface area (Å²) < 4.78 is 1.75. The predicted molar refractivity (Wildman–Crippen MR) is 57.6 cm³/mol. The third kappa shape index (κ3) is 1.45. The van der Waals surface area contributed by atoms with Crippen molar-refractivity contribution in [1.29, 1.82) is 0 Å². The SMILES string of the molecule is Cc1cc(N2CC[C@H](Br)C2=O)n(C)n1. The van der Waals surface area contributed by atoms with Gasteiger partial charge in [0, 0.05) is 19.7 Å². The monoisotopic (exact) mass is 257 g/mol. The van der Waals surface area contributed by atoms with E-state index in [1.165, 1.54) is 0 Å². The topological polar surface area (TPSA) is 38.1 Å². The number of aryl methyl sites for hydroxylation is 2. The van der Waals surface area contributed by atoms with E-state index in [-0.39, 0.29) is 10.7 Å². The highest BCUT2D eigenvalue weighted by molar-refractivity contribution is 9.10. The number of halogens is 1. The Morgan fingerprint density at radius 2 is 2.36 bits per heavy atom. The van der Waals surface area contributed by atoms with Crippen molar-refractivity contribution in [2.75, 3.05) is 11.4 Å². The minimum absolute atomic E-state index is 0.0299. The van der Waals surface area contributed by atoms with Crippen molar-refractivity contribution in [3.8, 4) is 0 Å². The van der Waals surface area contributed by atoms with Crippen LogP contribution >= 0.6 is 15.9 Å². The van der Waals surface area contributed by atoms with E-state index in [0.717, 1.165) is 24.5 Å². The molecule has 0 unspecified atom stereocenters. The first kappa shape index (κ1) is 9.71. The standard InChI is InChI=1S/C9H12BrN3O/c1-6-5-8(12(2)11-6)13-4-3-7(10)9(13)14/h5,7H,3-4H2,1-2H3/t7-/m0/s1. The Balaban J connectivity index is 2.32. The maximum Gasteiger partial charge on any atom is 0.241 e. The molecule has 1 aliphatic rings. The first-order valence-electron chi connectivity index (χ1n) is 4.55. The molecule has 76 valence electrons. The van der Waals surface area contributed by atoms with Crippen LogP contribution in [0.2, 0.25) is 0 Å². The van der Waals surface area contributed by atoms with Crippen molar-refractivity contribution in [3.05, 3.63) is 11.8 Å². The van der Waals surface area contributed by atoms with Gasteiger partial charge in [-0.15, -0.1) is 0 Å². The van der Waals surface area contributed by atoms with Crippen LogP contribution in [0, 0.1) is 6.92 Å². The Hall–Kier alpha value is -0.840. The zero-order valence-corrected chi connectivity index (χ0v) is 9.78. The van der Waals surface area contributed by atoms with E-state index in [4.69, 9.17) is 0 Å². The first-order chi connectivity index (χ1) is 6.59. The molecule has 0 N–H and O–H groups in total. The molecule has 1 aliphatic heterocycles. The van der Waals surface area contributed by atoms with Gasteiger partial charge in [0.05, 0.1) is 10.5 Å². The average Bonchev–Trinajstić information content (AvgIpc) is 2.59. The van der Waals surface area contributed by atoms with Crippen LogP contribution < -0.4 is 4.90 Å². The summed E-state index contributed by atoms with van der Waals surface area (Å²) in [6.45, 7) is 2.70. The lowest BCUT2D eigenvalue weighted by atomic mass is 10.4. The van der Waals surface area contributed by atoms with Gasteiger partial charge in [0.25, 0.3) is 0 Å². The van der Waals surface area contributed by atoms with Crippen LogP contribution in [0.15, 0.2) is 6.07 Å². The second-order valence-corrected chi connectivity index (χ2v) is 4.62. The minimum Gasteiger partial charge on any atom is -0.296 e. The molecular formula is C9H12BrN3O. The number of anilines is 1. The molecule has 1 aromatic heterocycles. The Bertz CT molecular complexity index is 374. The summed E-state index contributed by atoms with van der Waals surface area (Å²) in [6, 6.07) is 1.93. The first-order valence-corrected chi connectivity index (χ1v) is 5.47. The molecule has 1 aromatic rings. The molecule has 2 rings (SSSR count). The van der Waals surface area contributed by atoms with Crippen LogP contribution in [-0.4, -0.2) is 27.1 Å². The van der Waals surface area contributed by atoms with E-state index in [1.54, 1.807) is 9.58 Å². The fourth-order valence-electron chi connectivity index (χ4n) is 1.72. The average molecular weight is 258 g/mol. The number of amides is 1. The van der Waals surface area contributed by atoms with Crippen LogP contribution in [0.4, 0.5) is 5.82 Å². The molecular weight excluding hydrogens is 246 g/mol. The number of carbonyl (C=O) groups excluding carboxylic acids is 1. The molecule has 0 aromatic carbocycles. The highest BCUT2D eigenvalue weighted by Crippen LogP contribution is 2.25. The molecule has 0 radical (unpaired) electrons. The minimum atomic E-state index is -0.0299. The smallest absolute Gasteiger partial charge is 0.241 e. The van der Waals surface area contributed by atoms with Gasteiger partial charge < -0.3 is 0 Å². The van der Waals surface area contributed by atoms with Crippen LogP contribution in [0.1, 0.15) is 12.1 Å². The van der Waals surface area contributed by atoms with Gasteiger partial charge in [-0.25, -0.2) is 0 Å². The maximum absolute atomic E-state index is 11.7. The van der Waals surface area contributed by atoms with E-state index in [2.05, 4.69) is 21.0 Å². The summed E-state index contributed by atoms with van der Waals surface area (Å²) in [5.41, 5.74) is 0.938. The zero-order chi connectivity index (χ0) is 10.3. The number of rotatable bonds is 1. The largest absolute Gasteiger partial charge is 0.296 e. The number of hydrogen-bond acceptors (Lipinski definition) is 2. The normalized spacial score (nSPS) is 22.1. The molecule has 1 saturated heterocycles. The molecule has 0 saturated carbocycles. The fraction of sp³-hybridized carbons (Fsp3) is 0.556. The lowest BCUT2D eigenvalue weighted by Gasteiger charge is -2.15. The number of carbonyl (C=O) groups is 1. The van der Waals surface area contributed by atoms with Crippen molar-refractivity contribution in [3.63, 3.8) is 0 Å². The molecule has 4 nitrogen and oxygen atoms in total. The lowest BCUT2D eigenvalue weighted by molar-refractivity contribution is -0.116. The summed E-state index contributed by atoms with van der Waals surface area (Å²) >= 11 is 3.35. The number of hydrogen-bond donors (Lipinski definition) is 0. The van der Waals surface area contributed by atoms with Gasteiger partial charge in [-0.1, -0.05) is 15.9 Å². The zero-order valence-electron chi connectivity index (χ0n) is 8.20. The molecule has 2 heterocycles. The molecule has 14 heavy (non-hydrogen) atoms. The summed E-state index contributed by atoms with van der Waals surface area (Å²) in [7, 11) is 1.86. The van der Waals surface area contributed by atoms with Gasteiger partial charge in [0.2, 0.25) is 5.91 Å². The van der Waals surface area contributed by atoms with Crippen LogP contribution in [-0.2, 0) is 11.8 Å². The molecule has 0 spiro atoms. The Labute approximate surface area is 91.0 Å². The maximum atomic E-state index is 11.7. The summed E-state index contributed by atoms with van der Waals surface area (Å²) in [6.07, 6.45) is 0.864. The highest BCUT2D eigenvalue weighted by Gasteiger charge is 2.31. The molecule has 0 bridgehead atoms. The molecule has 1 fully saturated rings. The third-order valence-corrected chi connectivity index (χ3v) is 3.24. The summed E-state index contributed by atoms with van der Waals surface area (Å²) in [4.78, 5) is 13.5. The third-order valence-electron chi connectivity index (χ3n) is 2.39. The number of aromatic nitrogens is 2. The second kappa shape index (κ2) is 3.38. The van der Waals surface area contributed by atoms with Crippen molar-refractivity contribution in [2.24, 2.45) is 7.05 Å². The van der Waals surface area contributed by atoms with Crippen molar-refractivity contribution < 1.29 is 4.79 Å². The van der Waals surface area contributed by atoms with Gasteiger partial charge in [-0.3, -0.25) is 14.4 Å². The Morgan fingerprint density at radius 1 is 1.64 bits per heavy atom. The molecule has 0 aliphatic carbocycles. The fourth-order valence-corrected chi connectivity index (χ4v) is 2.17. The quantitative estimate of drug-likeness (QED) is 0.710. The second-order valence-electron chi connectivity index (χ2n) is 3.51. The van der Waals surface area contributed by atoms with Gasteiger partial charge in [0.15, 0.2) is 0 Å². The van der Waals surface area contributed by atoms with Crippen molar-refractivity contribution in [1.82, 2.24) is 9.78 Å². The van der Waals surface area contributed by atoms with Gasteiger partial charge in [0.1, 0.15) is 5.82 Å². The van der Waals surface area contributed by atoms with Crippen molar-refractivity contribution in [2.45, 2.75) is 18.2 Å². The van der Waals surface area contributed by atoms with Crippen LogP contribution in [0.3, 0.4) is 0 Å². The van der Waals surface area contributed by atoms with E-state index < -0.39 is 0 Å². The molecule has 1 amide bonds. The Morgan fingerprint density at radius 3 is 2.79 bits per heavy atom. The van der Waals surface area contributed by atoms with Gasteiger partial charge in [-0.2, -0.15) is 5.10 Å². The van der Waals surface area contributed by atoms with Gasteiger partial charge >= 0.3 is 0 Å². The highest BCUT2D eigenvalue weighted by atomic mass is 79.9. The number of nitrogens with zero attached hydrogens (tertiary/aromatic N) is 3. The lowest BCUT2D eigenvalue weighted by Crippen LogP contribution is -2.28. The van der Waals surface area contributed by atoms with E-state index in [9.17, 15) is 4.79 Å². The van der Waals surface area contributed by atoms with E-state index in [1.807, 2.05) is 20.0 Å². The van der Waals surface area contributed by atoms with E-state index >= 15 is 0 Å². The Kier molecular flexibility index (Phi) is 2.34. The van der Waals surface area contributed by atoms with Crippen LogP contribution in [0.25, 0.3) is 0 Å². The van der Waals surface area contributed by atoms with Crippen LogP contribution in [0.5, 0.6) is 0 Å². The van der Waals surface area contributed by atoms with Crippen molar-refractivity contribution >= 4 is 27.7 Å². The van der Waals surface area contributed by atoms with Gasteiger partial charge in [-0.05, 0) is 13.3 Å². The molecule has 1 atom stereocenters. The number of alkyl halides is 1. The summed E-state index contributed by atoms with van der Waals surface area (Å²) in [5.74, 6) is 1.02. The predicted octanol–water partition coefficient (Wildman–Crippen LogP) is 1.23.